The van der Waals surface area contributed by atoms with Gasteiger partial charge in [0.05, 0.1) is 11.6 Å². The molecule has 1 atom stereocenters. The van der Waals surface area contributed by atoms with Crippen molar-refractivity contribution in [2.45, 2.75) is 26.3 Å². The van der Waals surface area contributed by atoms with Crippen LogP contribution in [0.4, 0.5) is 4.39 Å². The van der Waals surface area contributed by atoms with E-state index in [1.54, 1.807) is 12.1 Å². The van der Waals surface area contributed by atoms with E-state index in [0.717, 1.165) is 35.4 Å². The summed E-state index contributed by atoms with van der Waals surface area (Å²) in [4.78, 5) is 6.70. The molecule has 1 N–H and O–H groups in total. The van der Waals surface area contributed by atoms with E-state index < -0.39 is 0 Å². The Kier molecular flexibility index (Phi) is 5.26. The van der Waals surface area contributed by atoms with E-state index in [0.29, 0.717) is 28.3 Å². The molecule has 0 bridgehead atoms. The van der Waals surface area contributed by atoms with Gasteiger partial charge < -0.3 is 24.2 Å². The Morgan fingerprint density at radius 1 is 1.16 bits per heavy atom. The lowest BCUT2D eigenvalue weighted by Crippen LogP contribution is -2.46. The first-order valence-corrected chi connectivity index (χ1v) is 10.7. The molecule has 2 aromatic carbocycles. The van der Waals surface area contributed by atoms with E-state index in [9.17, 15) is 4.39 Å². The Bertz CT molecular complexity index is 1210. The summed E-state index contributed by atoms with van der Waals surface area (Å²) in [5, 5.41) is 8.17. The molecule has 32 heavy (non-hydrogen) atoms. The van der Waals surface area contributed by atoms with Crippen LogP contribution in [-0.2, 0) is 0 Å². The molecule has 9 heteroatoms. The number of halogens is 1. The van der Waals surface area contributed by atoms with Gasteiger partial charge >= 0.3 is 0 Å². The van der Waals surface area contributed by atoms with Crippen molar-refractivity contribution in [3.8, 4) is 22.9 Å². The van der Waals surface area contributed by atoms with Crippen molar-refractivity contribution in [1.82, 2.24) is 20.4 Å². The Morgan fingerprint density at radius 3 is 2.72 bits per heavy atom. The number of benzene rings is 2. The zero-order chi connectivity index (χ0) is 22.2. The lowest BCUT2D eigenvalue weighted by Gasteiger charge is -2.37. The van der Waals surface area contributed by atoms with Crippen LogP contribution in [0.1, 0.15) is 37.8 Å². The third kappa shape index (κ3) is 3.58. The van der Waals surface area contributed by atoms with E-state index >= 15 is 0 Å². The van der Waals surface area contributed by atoms with Crippen LogP contribution in [-0.4, -0.2) is 33.5 Å². The fourth-order valence-electron chi connectivity index (χ4n) is 3.94. The van der Waals surface area contributed by atoms with Crippen molar-refractivity contribution >= 4 is 22.9 Å². The lowest BCUT2D eigenvalue weighted by atomic mass is 9.94. The second-order valence-electron chi connectivity index (χ2n) is 7.58. The molecule has 3 heterocycles. The minimum absolute atomic E-state index is 0.195. The van der Waals surface area contributed by atoms with Gasteiger partial charge in [0.1, 0.15) is 5.82 Å². The molecule has 2 aliphatic heterocycles. The maximum atomic E-state index is 13.5. The van der Waals surface area contributed by atoms with Crippen LogP contribution in [0.15, 0.2) is 52.7 Å². The van der Waals surface area contributed by atoms with Crippen molar-refractivity contribution in [1.29, 1.82) is 0 Å². The maximum Gasteiger partial charge on any atom is 0.258 e. The SMILES string of the molecule is CCCN1C(=S)NC(c2ccc(F)cc2)C(c2nc(-c3ccc4c(c3)OCO4)no2)=C1C. The second-order valence-corrected chi connectivity index (χ2v) is 7.96. The van der Waals surface area contributed by atoms with Crippen LogP contribution in [0.5, 0.6) is 11.5 Å². The molecule has 3 aromatic rings. The van der Waals surface area contributed by atoms with E-state index in [1.165, 1.54) is 12.1 Å². The largest absolute Gasteiger partial charge is 0.454 e. The number of fused-ring (bicyclic) bond motifs is 1. The van der Waals surface area contributed by atoms with E-state index in [-0.39, 0.29) is 18.7 Å². The molecule has 1 aromatic heterocycles. The molecule has 5 rings (SSSR count). The van der Waals surface area contributed by atoms with Crippen molar-refractivity contribution in [2.75, 3.05) is 13.3 Å². The number of allylic oxidation sites excluding steroid dienone is 1. The summed E-state index contributed by atoms with van der Waals surface area (Å²) in [7, 11) is 0. The zero-order valence-corrected chi connectivity index (χ0v) is 18.4. The average Bonchev–Trinajstić information content (AvgIpc) is 3.46. The summed E-state index contributed by atoms with van der Waals surface area (Å²) in [5.74, 6) is 1.84. The molecule has 0 amide bonds. The molecule has 0 saturated heterocycles. The number of rotatable bonds is 5. The minimum atomic E-state index is -0.346. The molecule has 1 unspecified atom stereocenters. The fourth-order valence-corrected chi connectivity index (χ4v) is 4.29. The zero-order valence-electron chi connectivity index (χ0n) is 17.6. The monoisotopic (exact) mass is 452 g/mol. The third-order valence-electron chi connectivity index (χ3n) is 5.53. The Balaban J connectivity index is 1.57. The summed E-state index contributed by atoms with van der Waals surface area (Å²) < 4.78 is 30.1. The first-order valence-electron chi connectivity index (χ1n) is 10.3. The van der Waals surface area contributed by atoms with Gasteiger partial charge in [0.25, 0.3) is 5.89 Å². The normalized spacial score (nSPS) is 17.7. The summed E-state index contributed by atoms with van der Waals surface area (Å²) in [5.41, 5.74) is 3.33. The summed E-state index contributed by atoms with van der Waals surface area (Å²) >= 11 is 5.62. The first kappa shape index (κ1) is 20.4. The molecule has 0 fully saturated rings. The maximum absolute atomic E-state index is 13.5. The molecular formula is C23H21FN4O3S. The standard InChI is InChI=1S/C23H21FN4O3S/c1-3-10-28-13(2)19(20(25-23(28)32)14-4-7-16(24)8-5-14)22-26-21(27-31-22)15-6-9-17-18(11-15)30-12-29-17/h4-9,11,20H,3,10,12H2,1-2H3,(H,25,32). The molecule has 164 valence electrons. The average molecular weight is 453 g/mol. The van der Waals surface area contributed by atoms with Gasteiger partial charge in [0.2, 0.25) is 12.6 Å². The van der Waals surface area contributed by atoms with Crippen molar-refractivity contribution < 1.29 is 18.4 Å². The molecule has 0 aliphatic carbocycles. The van der Waals surface area contributed by atoms with Gasteiger partial charge in [-0.3, -0.25) is 0 Å². The molecule has 0 saturated carbocycles. The summed E-state index contributed by atoms with van der Waals surface area (Å²) in [6, 6.07) is 11.5. The third-order valence-corrected chi connectivity index (χ3v) is 5.87. The van der Waals surface area contributed by atoms with Crippen LogP contribution in [0.25, 0.3) is 17.0 Å². The Hall–Kier alpha value is -3.46. The number of aromatic nitrogens is 2. The fraction of sp³-hybridized carbons (Fsp3) is 0.261. The number of hydrogen-bond donors (Lipinski definition) is 1. The van der Waals surface area contributed by atoms with Crippen LogP contribution in [0.3, 0.4) is 0 Å². The van der Waals surface area contributed by atoms with Gasteiger partial charge in [-0.25, -0.2) is 4.39 Å². The number of nitrogens with one attached hydrogen (secondary N) is 1. The van der Waals surface area contributed by atoms with Gasteiger partial charge in [0, 0.05) is 17.8 Å². The summed E-state index contributed by atoms with van der Waals surface area (Å²) in [6.45, 7) is 5.02. The predicted octanol–water partition coefficient (Wildman–Crippen LogP) is 4.68. The smallest absolute Gasteiger partial charge is 0.258 e. The number of thiocarbonyl (C=S) groups is 1. The van der Waals surface area contributed by atoms with Crippen LogP contribution in [0, 0.1) is 5.82 Å². The quantitative estimate of drug-likeness (QED) is 0.560. The molecule has 0 radical (unpaired) electrons. The highest BCUT2D eigenvalue weighted by Crippen LogP contribution is 2.39. The Labute approximate surface area is 189 Å². The van der Waals surface area contributed by atoms with Gasteiger partial charge in [-0.1, -0.05) is 24.2 Å². The second kappa shape index (κ2) is 8.23. The highest BCUT2D eigenvalue weighted by molar-refractivity contribution is 7.80. The van der Waals surface area contributed by atoms with Crippen LogP contribution >= 0.6 is 12.2 Å². The van der Waals surface area contributed by atoms with Gasteiger partial charge in [-0.15, -0.1) is 0 Å². The van der Waals surface area contributed by atoms with Crippen molar-refractivity contribution in [2.24, 2.45) is 0 Å². The molecule has 7 nitrogen and oxygen atoms in total. The van der Waals surface area contributed by atoms with Crippen LogP contribution in [0.2, 0.25) is 0 Å². The summed E-state index contributed by atoms with van der Waals surface area (Å²) in [6.07, 6.45) is 0.917. The van der Waals surface area contributed by atoms with E-state index in [2.05, 4.69) is 22.4 Å². The van der Waals surface area contributed by atoms with E-state index in [1.807, 2.05) is 30.0 Å². The van der Waals surface area contributed by atoms with Gasteiger partial charge in [-0.2, -0.15) is 4.98 Å². The molecular weight excluding hydrogens is 431 g/mol. The van der Waals surface area contributed by atoms with Crippen LogP contribution < -0.4 is 14.8 Å². The molecule has 0 spiro atoms. The van der Waals surface area contributed by atoms with Crippen molar-refractivity contribution in [3.05, 3.63) is 65.4 Å². The number of hydrogen-bond acceptors (Lipinski definition) is 6. The highest BCUT2D eigenvalue weighted by atomic mass is 32.1. The lowest BCUT2D eigenvalue weighted by molar-refractivity contribution is 0.174. The first-order chi connectivity index (χ1) is 15.5. The topological polar surface area (TPSA) is 72.7 Å². The van der Waals surface area contributed by atoms with E-state index in [4.69, 9.17) is 26.2 Å². The van der Waals surface area contributed by atoms with Gasteiger partial charge in [-0.05, 0) is 61.5 Å². The van der Waals surface area contributed by atoms with Gasteiger partial charge in [0.15, 0.2) is 16.6 Å². The van der Waals surface area contributed by atoms with Crippen molar-refractivity contribution in [3.63, 3.8) is 0 Å². The number of ether oxygens (including phenoxy) is 2. The number of nitrogens with zero attached hydrogens (tertiary/aromatic N) is 3. The predicted molar refractivity (Wildman–Crippen MR) is 120 cm³/mol. The highest BCUT2D eigenvalue weighted by Gasteiger charge is 2.34. The minimum Gasteiger partial charge on any atom is -0.454 e. The Morgan fingerprint density at radius 2 is 1.94 bits per heavy atom. The molecule has 2 aliphatic rings.